The van der Waals surface area contributed by atoms with Gasteiger partial charge in [-0.2, -0.15) is 0 Å². The number of morpholine rings is 1. The summed E-state index contributed by atoms with van der Waals surface area (Å²) in [5.41, 5.74) is 3.25. The molecular weight excluding hydrogens is 292 g/mol. The number of nitrogens with zero attached hydrogens (tertiary/aromatic N) is 1. The van der Waals surface area contributed by atoms with E-state index < -0.39 is 5.97 Å². The number of nitrogens with one attached hydrogen (secondary N) is 1. The third-order valence-corrected chi connectivity index (χ3v) is 3.86. The van der Waals surface area contributed by atoms with Gasteiger partial charge in [0, 0.05) is 31.0 Å². The molecule has 1 aliphatic rings. The monoisotopic (exact) mass is 312 g/mol. The summed E-state index contributed by atoms with van der Waals surface area (Å²) >= 11 is 0. The number of carboxylic acid groups (broad SMARTS) is 1. The van der Waals surface area contributed by atoms with Gasteiger partial charge >= 0.3 is 5.97 Å². The molecule has 3 rings (SSSR count). The van der Waals surface area contributed by atoms with E-state index in [-0.39, 0.29) is 5.56 Å². The first-order valence-electron chi connectivity index (χ1n) is 7.70. The van der Waals surface area contributed by atoms with E-state index in [1.54, 1.807) is 18.2 Å². The second-order valence-electron chi connectivity index (χ2n) is 5.60. The van der Waals surface area contributed by atoms with Crippen molar-refractivity contribution >= 4 is 17.3 Å². The molecule has 0 amide bonds. The smallest absolute Gasteiger partial charge is 0.335 e. The van der Waals surface area contributed by atoms with E-state index in [0.29, 0.717) is 0 Å². The fourth-order valence-corrected chi connectivity index (χ4v) is 2.61. The molecule has 2 aromatic rings. The summed E-state index contributed by atoms with van der Waals surface area (Å²) in [5.74, 6) is -0.922. The maximum Gasteiger partial charge on any atom is 0.335 e. The fraction of sp³-hybridized carbons (Fsp3) is 0.278. The molecule has 5 heteroatoms. The minimum Gasteiger partial charge on any atom is -0.478 e. The van der Waals surface area contributed by atoms with Crippen molar-refractivity contribution in [2.75, 3.05) is 31.6 Å². The van der Waals surface area contributed by atoms with E-state index >= 15 is 0 Å². The normalized spacial score (nSPS) is 15.3. The lowest BCUT2D eigenvalue weighted by Crippen LogP contribution is -2.35. The molecule has 2 aromatic carbocycles. The van der Waals surface area contributed by atoms with E-state index in [0.717, 1.165) is 44.2 Å². The Kier molecular flexibility index (Phi) is 4.90. The quantitative estimate of drug-likeness (QED) is 0.889. The van der Waals surface area contributed by atoms with Crippen LogP contribution in [0.5, 0.6) is 0 Å². The van der Waals surface area contributed by atoms with Crippen LogP contribution in [0.1, 0.15) is 15.9 Å². The molecule has 0 radical (unpaired) electrons. The van der Waals surface area contributed by atoms with E-state index in [9.17, 15) is 4.79 Å². The van der Waals surface area contributed by atoms with Gasteiger partial charge in [-0.1, -0.05) is 18.2 Å². The third-order valence-electron chi connectivity index (χ3n) is 3.86. The molecule has 120 valence electrons. The van der Waals surface area contributed by atoms with Crippen molar-refractivity contribution in [3.05, 3.63) is 59.7 Å². The minimum absolute atomic E-state index is 0.277. The second-order valence-corrected chi connectivity index (χ2v) is 5.60. The highest BCUT2D eigenvalue weighted by Gasteiger charge is 2.10. The first-order chi connectivity index (χ1) is 11.2. The van der Waals surface area contributed by atoms with Gasteiger partial charge in [-0.25, -0.2) is 4.79 Å². The molecule has 1 fully saturated rings. The highest BCUT2D eigenvalue weighted by Crippen LogP contribution is 2.19. The first-order valence-corrected chi connectivity index (χ1v) is 7.70. The lowest BCUT2D eigenvalue weighted by Gasteiger charge is -2.26. The summed E-state index contributed by atoms with van der Waals surface area (Å²) in [6.45, 7) is 4.49. The van der Waals surface area contributed by atoms with Gasteiger partial charge in [0.25, 0.3) is 0 Å². The number of carbonyl (C=O) groups is 1. The van der Waals surface area contributed by atoms with Gasteiger partial charge in [-0.05, 0) is 35.9 Å². The highest BCUT2D eigenvalue weighted by molar-refractivity contribution is 5.89. The summed E-state index contributed by atoms with van der Waals surface area (Å²) in [5, 5.41) is 12.3. The largest absolute Gasteiger partial charge is 0.478 e. The van der Waals surface area contributed by atoms with Crippen LogP contribution in [0.15, 0.2) is 48.5 Å². The van der Waals surface area contributed by atoms with Crippen molar-refractivity contribution in [3.63, 3.8) is 0 Å². The maximum atomic E-state index is 11.0. The average molecular weight is 312 g/mol. The summed E-state index contributed by atoms with van der Waals surface area (Å²) in [7, 11) is 0. The van der Waals surface area contributed by atoms with Gasteiger partial charge in [-0.15, -0.1) is 0 Å². The van der Waals surface area contributed by atoms with E-state index in [1.165, 1.54) is 5.56 Å². The minimum atomic E-state index is -0.922. The number of rotatable bonds is 5. The Hall–Kier alpha value is -2.37. The molecule has 2 N–H and O–H groups in total. The van der Waals surface area contributed by atoms with Crippen LogP contribution in [0.25, 0.3) is 0 Å². The topological polar surface area (TPSA) is 61.8 Å². The van der Waals surface area contributed by atoms with Gasteiger partial charge in [-0.3, -0.25) is 4.90 Å². The number of ether oxygens (including phenoxy) is 1. The van der Waals surface area contributed by atoms with Crippen LogP contribution < -0.4 is 5.32 Å². The lowest BCUT2D eigenvalue weighted by molar-refractivity contribution is 0.0342. The Bertz CT molecular complexity index is 664. The summed E-state index contributed by atoms with van der Waals surface area (Å²) in [6, 6.07) is 15.0. The Morgan fingerprint density at radius 1 is 1.09 bits per heavy atom. The molecule has 0 bridgehead atoms. The van der Waals surface area contributed by atoms with Crippen LogP contribution in [0.3, 0.4) is 0 Å². The van der Waals surface area contributed by atoms with Crippen molar-refractivity contribution in [2.45, 2.75) is 6.54 Å². The molecule has 0 unspecified atom stereocenters. The van der Waals surface area contributed by atoms with Gasteiger partial charge in [0.2, 0.25) is 0 Å². The van der Waals surface area contributed by atoms with Crippen LogP contribution in [-0.4, -0.2) is 42.3 Å². The van der Waals surface area contributed by atoms with Crippen molar-refractivity contribution in [1.29, 1.82) is 0 Å². The number of aromatic carboxylic acids is 1. The zero-order chi connectivity index (χ0) is 16.1. The van der Waals surface area contributed by atoms with Crippen molar-refractivity contribution < 1.29 is 14.6 Å². The standard InChI is InChI=1S/C18H20N2O3/c21-18(22)15-2-1-3-17(12-15)19-16-6-4-14(5-7-16)13-20-8-10-23-11-9-20/h1-7,12,19H,8-11,13H2,(H,21,22). The van der Waals surface area contributed by atoms with Crippen LogP contribution in [0.2, 0.25) is 0 Å². The molecule has 1 heterocycles. The van der Waals surface area contributed by atoms with Gasteiger partial charge in [0.1, 0.15) is 0 Å². The maximum absolute atomic E-state index is 11.0. The number of benzene rings is 2. The second kappa shape index (κ2) is 7.26. The summed E-state index contributed by atoms with van der Waals surface area (Å²) in [4.78, 5) is 13.4. The average Bonchev–Trinajstić information content (AvgIpc) is 2.58. The van der Waals surface area contributed by atoms with Crippen LogP contribution in [0.4, 0.5) is 11.4 Å². The number of hydrogen-bond acceptors (Lipinski definition) is 4. The predicted octanol–water partition coefficient (Wildman–Crippen LogP) is 2.96. The number of hydrogen-bond donors (Lipinski definition) is 2. The number of anilines is 2. The predicted molar refractivity (Wildman–Crippen MR) is 89.2 cm³/mol. The zero-order valence-corrected chi connectivity index (χ0v) is 12.9. The Labute approximate surface area is 135 Å². The first kappa shape index (κ1) is 15.5. The van der Waals surface area contributed by atoms with Crippen molar-refractivity contribution in [2.24, 2.45) is 0 Å². The molecular formula is C18H20N2O3. The molecule has 23 heavy (non-hydrogen) atoms. The lowest BCUT2D eigenvalue weighted by atomic mass is 10.1. The highest BCUT2D eigenvalue weighted by atomic mass is 16.5. The third kappa shape index (κ3) is 4.31. The van der Waals surface area contributed by atoms with Gasteiger partial charge in [0.15, 0.2) is 0 Å². The van der Waals surface area contributed by atoms with Crippen molar-refractivity contribution in [1.82, 2.24) is 4.90 Å². The molecule has 1 aliphatic heterocycles. The van der Waals surface area contributed by atoms with E-state index in [1.807, 2.05) is 18.2 Å². The molecule has 0 aliphatic carbocycles. The zero-order valence-electron chi connectivity index (χ0n) is 12.9. The van der Waals surface area contributed by atoms with E-state index in [4.69, 9.17) is 9.84 Å². The van der Waals surface area contributed by atoms with Crippen LogP contribution in [0, 0.1) is 0 Å². The molecule has 0 saturated carbocycles. The molecule has 0 atom stereocenters. The molecule has 1 saturated heterocycles. The fourth-order valence-electron chi connectivity index (χ4n) is 2.61. The Morgan fingerprint density at radius 2 is 1.83 bits per heavy atom. The molecule has 0 aromatic heterocycles. The van der Waals surface area contributed by atoms with Gasteiger partial charge in [0.05, 0.1) is 18.8 Å². The van der Waals surface area contributed by atoms with E-state index in [2.05, 4.69) is 22.3 Å². The number of carboxylic acids is 1. The molecule has 0 spiro atoms. The summed E-state index contributed by atoms with van der Waals surface area (Å²) in [6.07, 6.45) is 0. The summed E-state index contributed by atoms with van der Waals surface area (Å²) < 4.78 is 5.36. The Morgan fingerprint density at radius 3 is 2.52 bits per heavy atom. The molecule has 5 nitrogen and oxygen atoms in total. The Balaban J connectivity index is 1.63. The van der Waals surface area contributed by atoms with Crippen molar-refractivity contribution in [3.8, 4) is 0 Å². The van der Waals surface area contributed by atoms with Gasteiger partial charge < -0.3 is 15.2 Å². The van der Waals surface area contributed by atoms with Crippen LogP contribution >= 0.6 is 0 Å². The SMILES string of the molecule is O=C(O)c1cccc(Nc2ccc(CN3CCOCC3)cc2)c1. The van der Waals surface area contributed by atoms with Crippen LogP contribution in [-0.2, 0) is 11.3 Å².